The zero-order valence-electron chi connectivity index (χ0n) is 14.3. The van der Waals surface area contributed by atoms with Crippen LogP contribution in [0.1, 0.15) is 21.5 Å². The lowest BCUT2D eigenvalue weighted by molar-refractivity contribution is 0.0985. The molecule has 2 aromatic carbocycles. The second-order valence-corrected chi connectivity index (χ2v) is 7.10. The lowest BCUT2D eigenvalue weighted by atomic mass is 10.2. The van der Waals surface area contributed by atoms with Gasteiger partial charge in [-0.2, -0.15) is 0 Å². The molecule has 0 bridgehead atoms. The van der Waals surface area contributed by atoms with Crippen LogP contribution in [0.2, 0.25) is 0 Å². The SMILES string of the molecule is Cc1ccc2sc(N(Cc3cccnc3)C(=O)c3ccccc3)nc2c1. The summed E-state index contributed by atoms with van der Waals surface area (Å²) < 4.78 is 1.07. The van der Waals surface area contributed by atoms with Crippen LogP contribution in [0, 0.1) is 6.92 Å². The van der Waals surface area contributed by atoms with E-state index in [0.29, 0.717) is 17.2 Å². The van der Waals surface area contributed by atoms with Gasteiger partial charge in [0.2, 0.25) is 0 Å². The number of aromatic nitrogens is 2. The molecule has 0 N–H and O–H groups in total. The van der Waals surface area contributed by atoms with Crippen LogP contribution < -0.4 is 4.90 Å². The molecule has 0 atom stereocenters. The fourth-order valence-electron chi connectivity index (χ4n) is 2.78. The molecule has 128 valence electrons. The van der Waals surface area contributed by atoms with E-state index in [9.17, 15) is 4.79 Å². The molecule has 2 aromatic heterocycles. The molecule has 0 radical (unpaired) electrons. The third-order valence-electron chi connectivity index (χ3n) is 4.09. The van der Waals surface area contributed by atoms with Gasteiger partial charge in [0.25, 0.3) is 5.91 Å². The Hall–Kier alpha value is -3.05. The summed E-state index contributed by atoms with van der Waals surface area (Å²) in [5.74, 6) is -0.0646. The Labute approximate surface area is 155 Å². The molecule has 0 aliphatic heterocycles. The maximum Gasteiger partial charge on any atom is 0.260 e. The molecular weight excluding hydrogens is 342 g/mol. The lowest BCUT2D eigenvalue weighted by Gasteiger charge is -2.20. The van der Waals surface area contributed by atoms with Crippen LogP contribution >= 0.6 is 11.3 Å². The third kappa shape index (κ3) is 3.34. The van der Waals surface area contributed by atoms with Gasteiger partial charge in [-0.15, -0.1) is 0 Å². The van der Waals surface area contributed by atoms with Crippen molar-refractivity contribution >= 4 is 32.6 Å². The van der Waals surface area contributed by atoms with Crippen LogP contribution in [0.3, 0.4) is 0 Å². The lowest BCUT2D eigenvalue weighted by Crippen LogP contribution is -2.30. The highest BCUT2D eigenvalue weighted by Crippen LogP contribution is 2.31. The zero-order valence-corrected chi connectivity index (χ0v) is 15.1. The smallest absolute Gasteiger partial charge is 0.260 e. The van der Waals surface area contributed by atoms with Gasteiger partial charge in [-0.05, 0) is 48.4 Å². The second-order valence-electron chi connectivity index (χ2n) is 6.09. The molecule has 4 nitrogen and oxygen atoms in total. The van der Waals surface area contributed by atoms with E-state index in [1.807, 2.05) is 55.5 Å². The number of benzene rings is 2. The van der Waals surface area contributed by atoms with Crippen molar-refractivity contribution in [2.45, 2.75) is 13.5 Å². The van der Waals surface area contributed by atoms with Crippen LogP contribution in [-0.2, 0) is 6.54 Å². The first-order valence-electron chi connectivity index (χ1n) is 8.34. The van der Waals surface area contributed by atoms with Crippen molar-refractivity contribution in [3.05, 3.63) is 89.7 Å². The number of anilines is 1. The molecule has 1 amide bonds. The number of carbonyl (C=O) groups excluding carboxylic acids is 1. The van der Waals surface area contributed by atoms with Gasteiger partial charge in [0.1, 0.15) is 0 Å². The minimum Gasteiger partial charge on any atom is -0.279 e. The average molecular weight is 359 g/mol. The van der Waals surface area contributed by atoms with E-state index in [1.165, 1.54) is 11.3 Å². The van der Waals surface area contributed by atoms with Crippen molar-refractivity contribution in [2.75, 3.05) is 4.90 Å². The van der Waals surface area contributed by atoms with Gasteiger partial charge in [-0.3, -0.25) is 14.7 Å². The average Bonchev–Trinajstić information content (AvgIpc) is 3.10. The monoisotopic (exact) mass is 359 g/mol. The highest BCUT2D eigenvalue weighted by Gasteiger charge is 2.21. The van der Waals surface area contributed by atoms with E-state index in [4.69, 9.17) is 4.98 Å². The molecule has 4 aromatic rings. The molecule has 0 saturated carbocycles. The Bertz CT molecular complexity index is 1040. The summed E-state index contributed by atoms with van der Waals surface area (Å²) in [7, 11) is 0. The summed E-state index contributed by atoms with van der Waals surface area (Å²) in [6, 6.07) is 19.3. The first-order valence-corrected chi connectivity index (χ1v) is 9.15. The quantitative estimate of drug-likeness (QED) is 0.523. The second kappa shape index (κ2) is 7.06. The van der Waals surface area contributed by atoms with Gasteiger partial charge in [-0.1, -0.05) is 41.7 Å². The Kier molecular flexibility index (Phi) is 4.46. The standard InChI is InChI=1S/C21H17N3OS/c1-15-9-10-19-18(12-15)23-21(26-19)24(14-16-6-5-11-22-13-16)20(25)17-7-3-2-4-8-17/h2-13H,14H2,1H3. The maximum absolute atomic E-state index is 13.2. The van der Waals surface area contributed by atoms with E-state index < -0.39 is 0 Å². The van der Waals surface area contributed by atoms with Crippen molar-refractivity contribution in [2.24, 2.45) is 0 Å². The number of pyridine rings is 1. The minimum absolute atomic E-state index is 0.0646. The first kappa shape index (κ1) is 16.4. The predicted octanol–water partition coefficient (Wildman–Crippen LogP) is 4.85. The first-order chi connectivity index (χ1) is 12.7. The fourth-order valence-corrected chi connectivity index (χ4v) is 3.72. The largest absolute Gasteiger partial charge is 0.279 e. The summed E-state index contributed by atoms with van der Waals surface area (Å²) in [5, 5.41) is 0.698. The number of aryl methyl sites for hydroxylation is 1. The minimum atomic E-state index is -0.0646. The van der Waals surface area contributed by atoms with Crippen molar-refractivity contribution in [3.8, 4) is 0 Å². The molecule has 2 heterocycles. The van der Waals surface area contributed by atoms with Gasteiger partial charge in [0.05, 0.1) is 16.8 Å². The molecule has 0 aliphatic rings. The summed E-state index contributed by atoms with van der Waals surface area (Å²) >= 11 is 1.53. The molecular formula is C21H17N3OS. The van der Waals surface area contributed by atoms with E-state index in [2.05, 4.69) is 17.1 Å². The molecule has 0 unspecified atom stereocenters. The Morgan fingerprint density at radius 3 is 2.69 bits per heavy atom. The van der Waals surface area contributed by atoms with E-state index in [1.54, 1.807) is 17.3 Å². The van der Waals surface area contributed by atoms with Gasteiger partial charge in [0, 0.05) is 18.0 Å². The topological polar surface area (TPSA) is 46.1 Å². The molecule has 4 rings (SSSR count). The zero-order chi connectivity index (χ0) is 17.9. The van der Waals surface area contributed by atoms with Crippen LogP contribution in [0.4, 0.5) is 5.13 Å². The van der Waals surface area contributed by atoms with Gasteiger partial charge in [-0.25, -0.2) is 4.98 Å². The van der Waals surface area contributed by atoms with Gasteiger partial charge >= 0.3 is 0 Å². The van der Waals surface area contributed by atoms with Crippen LogP contribution in [0.5, 0.6) is 0 Å². The highest BCUT2D eigenvalue weighted by molar-refractivity contribution is 7.22. The van der Waals surface area contributed by atoms with E-state index in [-0.39, 0.29) is 5.91 Å². The molecule has 0 aliphatic carbocycles. The number of hydrogen-bond donors (Lipinski definition) is 0. The Morgan fingerprint density at radius 2 is 1.92 bits per heavy atom. The summed E-state index contributed by atoms with van der Waals surface area (Å²) in [5.41, 5.74) is 3.68. The number of rotatable bonds is 4. The number of nitrogens with zero attached hydrogens (tertiary/aromatic N) is 3. The summed E-state index contributed by atoms with van der Waals surface area (Å²) in [4.78, 5) is 23.8. The Balaban J connectivity index is 1.77. The van der Waals surface area contributed by atoms with Crippen molar-refractivity contribution in [1.29, 1.82) is 0 Å². The third-order valence-corrected chi connectivity index (χ3v) is 5.15. The number of hydrogen-bond acceptors (Lipinski definition) is 4. The van der Waals surface area contributed by atoms with Crippen molar-refractivity contribution in [1.82, 2.24) is 9.97 Å². The molecule has 0 saturated heterocycles. The molecule has 26 heavy (non-hydrogen) atoms. The number of fused-ring (bicyclic) bond motifs is 1. The normalized spacial score (nSPS) is 10.8. The number of carbonyl (C=O) groups is 1. The van der Waals surface area contributed by atoms with Crippen molar-refractivity contribution in [3.63, 3.8) is 0 Å². The van der Waals surface area contributed by atoms with E-state index in [0.717, 1.165) is 21.3 Å². The summed E-state index contributed by atoms with van der Waals surface area (Å²) in [6.45, 7) is 2.47. The van der Waals surface area contributed by atoms with Crippen LogP contribution in [0.25, 0.3) is 10.2 Å². The number of thiazole rings is 1. The number of amides is 1. The highest BCUT2D eigenvalue weighted by atomic mass is 32.1. The molecule has 5 heteroatoms. The van der Waals surface area contributed by atoms with Crippen LogP contribution in [-0.4, -0.2) is 15.9 Å². The Morgan fingerprint density at radius 1 is 1.08 bits per heavy atom. The fraction of sp³-hybridized carbons (Fsp3) is 0.0952. The van der Waals surface area contributed by atoms with Crippen LogP contribution in [0.15, 0.2) is 73.1 Å². The van der Waals surface area contributed by atoms with Crippen molar-refractivity contribution < 1.29 is 4.79 Å². The van der Waals surface area contributed by atoms with Gasteiger partial charge < -0.3 is 0 Å². The van der Waals surface area contributed by atoms with E-state index >= 15 is 0 Å². The predicted molar refractivity (Wildman–Crippen MR) is 106 cm³/mol. The molecule has 0 spiro atoms. The summed E-state index contributed by atoms with van der Waals surface area (Å²) in [6.07, 6.45) is 3.51. The molecule has 0 fully saturated rings. The van der Waals surface area contributed by atoms with Gasteiger partial charge in [0.15, 0.2) is 5.13 Å². The maximum atomic E-state index is 13.2.